The lowest BCUT2D eigenvalue weighted by atomic mass is 9.79. The molecular weight excluding hydrogens is 344 g/mol. The Morgan fingerprint density at radius 3 is 2.67 bits per heavy atom. The maximum atomic E-state index is 13.4. The molecule has 6 nitrogen and oxygen atoms in total. The molecule has 0 aliphatic carbocycles. The molecule has 2 aromatic carbocycles. The highest BCUT2D eigenvalue weighted by Crippen LogP contribution is 2.45. The van der Waals surface area contributed by atoms with E-state index < -0.39 is 10.5 Å². The average Bonchev–Trinajstić information content (AvgIpc) is 2.61. The van der Waals surface area contributed by atoms with E-state index in [2.05, 4.69) is 6.92 Å². The van der Waals surface area contributed by atoms with Crippen molar-refractivity contribution >= 4 is 17.3 Å². The molecule has 0 saturated carbocycles. The number of carbonyl (C=O) groups is 1. The quantitative estimate of drug-likeness (QED) is 0.567. The van der Waals surface area contributed by atoms with Crippen LogP contribution in [0.15, 0.2) is 42.5 Å². The van der Waals surface area contributed by atoms with Gasteiger partial charge >= 0.3 is 0 Å². The predicted molar refractivity (Wildman–Crippen MR) is 105 cm³/mol. The minimum absolute atomic E-state index is 0.102. The van der Waals surface area contributed by atoms with Gasteiger partial charge in [-0.3, -0.25) is 14.9 Å². The van der Waals surface area contributed by atoms with Gasteiger partial charge in [-0.05, 0) is 62.9 Å². The fraction of sp³-hybridized carbons (Fsp3) is 0.381. The molecule has 27 heavy (non-hydrogen) atoms. The lowest BCUT2D eigenvalue weighted by Crippen LogP contribution is -2.51. The summed E-state index contributed by atoms with van der Waals surface area (Å²) < 4.78 is 5.61. The molecular formula is C21H24N2O4. The Morgan fingerprint density at radius 1 is 1.30 bits per heavy atom. The number of para-hydroxylation sites is 1. The number of rotatable bonds is 4. The maximum absolute atomic E-state index is 13.4. The summed E-state index contributed by atoms with van der Waals surface area (Å²) in [5.41, 5.74) is 1.26. The first kappa shape index (κ1) is 18.9. The number of hydrogen-bond donors (Lipinski definition) is 0. The van der Waals surface area contributed by atoms with Gasteiger partial charge in [-0.25, -0.2) is 0 Å². The summed E-state index contributed by atoms with van der Waals surface area (Å²) in [5.74, 6) is 0.649. The first-order valence-electron chi connectivity index (χ1n) is 9.11. The van der Waals surface area contributed by atoms with Gasteiger partial charge in [-0.15, -0.1) is 0 Å². The fourth-order valence-electron chi connectivity index (χ4n) is 3.98. The standard InChI is InChI=1S/C21H24N2O4/c1-5-27-15-10-11-18-17(12-15)14(2)13-21(3,4)22(18)20(24)16-8-6-7-9-19(16)23(25)26/h6-12,14H,5,13H2,1-4H3. The third kappa shape index (κ3) is 3.39. The number of nitro benzene ring substituents is 1. The zero-order chi connectivity index (χ0) is 19.8. The van der Waals surface area contributed by atoms with Gasteiger partial charge in [0, 0.05) is 17.3 Å². The second kappa shape index (κ2) is 7.02. The summed E-state index contributed by atoms with van der Waals surface area (Å²) in [5, 5.41) is 11.4. The van der Waals surface area contributed by atoms with E-state index in [0.717, 1.165) is 23.4 Å². The van der Waals surface area contributed by atoms with Gasteiger partial charge in [-0.1, -0.05) is 19.1 Å². The number of amides is 1. The van der Waals surface area contributed by atoms with Crippen LogP contribution < -0.4 is 9.64 Å². The Balaban J connectivity index is 2.13. The van der Waals surface area contributed by atoms with Crippen LogP contribution in [0.4, 0.5) is 11.4 Å². The number of anilines is 1. The van der Waals surface area contributed by atoms with E-state index in [1.165, 1.54) is 12.1 Å². The van der Waals surface area contributed by atoms with Crippen LogP contribution in [0.5, 0.6) is 5.75 Å². The predicted octanol–water partition coefficient (Wildman–Crippen LogP) is 4.93. The highest BCUT2D eigenvalue weighted by atomic mass is 16.6. The van der Waals surface area contributed by atoms with Gasteiger partial charge in [0.25, 0.3) is 11.6 Å². The van der Waals surface area contributed by atoms with E-state index in [9.17, 15) is 14.9 Å². The third-order valence-corrected chi connectivity index (χ3v) is 5.03. The molecule has 1 unspecified atom stereocenters. The number of fused-ring (bicyclic) bond motifs is 1. The maximum Gasteiger partial charge on any atom is 0.282 e. The summed E-state index contributed by atoms with van der Waals surface area (Å²) >= 11 is 0. The largest absolute Gasteiger partial charge is 0.494 e. The van der Waals surface area contributed by atoms with Crippen molar-refractivity contribution in [3.05, 3.63) is 63.7 Å². The fourth-order valence-corrected chi connectivity index (χ4v) is 3.98. The van der Waals surface area contributed by atoms with Crippen LogP contribution in [0.2, 0.25) is 0 Å². The van der Waals surface area contributed by atoms with E-state index in [1.54, 1.807) is 17.0 Å². The second-order valence-electron chi connectivity index (χ2n) is 7.49. The van der Waals surface area contributed by atoms with Gasteiger partial charge in [0.2, 0.25) is 0 Å². The van der Waals surface area contributed by atoms with Crippen LogP contribution in [0.25, 0.3) is 0 Å². The summed E-state index contributed by atoms with van der Waals surface area (Å²) in [6.45, 7) is 8.61. The lowest BCUT2D eigenvalue weighted by molar-refractivity contribution is -0.385. The van der Waals surface area contributed by atoms with Crippen LogP contribution in [0.3, 0.4) is 0 Å². The van der Waals surface area contributed by atoms with Crippen LogP contribution in [0, 0.1) is 10.1 Å². The highest BCUT2D eigenvalue weighted by molar-refractivity contribution is 6.10. The molecule has 1 amide bonds. The van der Waals surface area contributed by atoms with Gasteiger partial charge in [0.1, 0.15) is 11.3 Å². The van der Waals surface area contributed by atoms with Gasteiger partial charge in [-0.2, -0.15) is 0 Å². The summed E-state index contributed by atoms with van der Waals surface area (Å²) in [7, 11) is 0. The Kier molecular flexibility index (Phi) is 4.91. The minimum Gasteiger partial charge on any atom is -0.494 e. The smallest absolute Gasteiger partial charge is 0.282 e. The first-order valence-corrected chi connectivity index (χ1v) is 9.11. The number of benzene rings is 2. The Morgan fingerprint density at radius 2 is 2.00 bits per heavy atom. The Hall–Kier alpha value is -2.89. The number of carbonyl (C=O) groups excluding carboxylic acids is 1. The normalized spacial score (nSPS) is 17.9. The van der Waals surface area contributed by atoms with Crippen molar-refractivity contribution < 1.29 is 14.5 Å². The monoisotopic (exact) mass is 368 g/mol. The topological polar surface area (TPSA) is 72.7 Å². The Bertz CT molecular complexity index is 892. The van der Waals surface area contributed by atoms with E-state index in [0.29, 0.717) is 6.61 Å². The molecule has 0 aromatic heterocycles. The van der Waals surface area contributed by atoms with Crippen molar-refractivity contribution in [1.29, 1.82) is 0 Å². The van der Waals surface area contributed by atoms with Crippen LogP contribution in [-0.2, 0) is 0 Å². The highest BCUT2D eigenvalue weighted by Gasteiger charge is 2.41. The molecule has 6 heteroatoms. The molecule has 0 radical (unpaired) electrons. The molecule has 0 saturated heterocycles. The molecule has 3 rings (SSSR count). The zero-order valence-corrected chi connectivity index (χ0v) is 16.1. The van der Waals surface area contributed by atoms with Crippen LogP contribution in [0.1, 0.15) is 56.0 Å². The van der Waals surface area contributed by atoms with E-state index in [1.807, 2.05) is 39.0 Å². The van der Waals surface area contributed by atoms with Crippen LogP contribution in [-0.4, -0.2) is 23.0 Å². The van der Waals surface area contributed by atoms with Crippen molar-refractivity contribution in [3.8, 4) is 5.75 Å². The van der Waals surface area contributed by atoms with Crippen molar-refractivity contribution in [2.75, 3.05) is 11.5 Å². The van der Waals surface area contributed by atoms with Crippen molar-refractivity contribution in [1.82, 2.24) is 0 Å². The molecule has 142 valence electrons. The number of hydrogen-bond acceptors (Lipinski definition) is 4. The minimum atomic E-state index is -0.508. The summed E-state index contributed by atoms with van der Waals surface area (Å²) in [6, 6.07) is 11.8. The summed E-state index contributed by atoms with van der Waals surface area (Å²) in [6.07, 6.45) is 0.752. The SMILES string of the molecule is CCOc1ccc2c(c1)C(C)CC(C)(C)N2C(=O)c1ccccc1[N+](=O)[O-]. The van der Waals surface area contributed by atoms with Crippen molar-refractivity contribution in [3.63, 3.8) is 0 Å². The van der Waals surface area contributed by atoms with Gasteiger partial charge < -0.3 is 9.64 Å². The van der Waals surface area contributed by atoms with Gasteiger partial charge in [0.15, 0.2) is 0 Å². The van der Waals surface area contributed by atoms with Crippen molar-refractivity contribution in [2.24, 2.45) is 0 Å². The van der Waals surface area contributed by atoms with Gasteiger partial charge in [0.05, 0.1) is 11.5 Å². The molecule has 1 heterocycles. The molecule has 1 atom stereocenters. The summed E-state index contributed by atoms with van der Waals surface area (Å²) in [4.78, 5) is 26.0. The van der Waals surface area contributed by atoms with Crippen LogP contribution >= 0.6 is 0 Å². The lowest BCUT2D eigenvalue weighted by Gasteiger charge is -2.46. The number of ether oxygens (including phenoxy) is 1. The molecule has 0 spiro atoms. The number of nitrogens with zero attached hydrogens (tertiary/aromatic N) is 2. The molecule has 1 aliphatic rings. The Labute approximate surface area is 158 Å². The van der Waals surface area contributed by atoms with E-state index in [-0.39, 0.29) is 23.1 Å². The van der Waals surface area contributed by atoms with E-state index in [4.69, 9.17) is 4.74 Å². The molecule has 0 N–H and O–H groups in total. The zero-order valence-electron chi connectivity index (χ0n) is 16.1. The molecule has 0 bridgehead atoms. The van der Waals surface area contributed by atoms with E-state index >= 15 is 0 Å². The average molecular weight is 368 g/mol. The number of nitro groups is 1. The second-order valence-corrected chi connectivity index (χ2v) is 7.49. The van der Waals surface area contributed by atoms with Crippen molar-refractivity contribution in [2.45, 2.75) is 45.6 Å². The molecule has 1 aliphatic heterocycles. The first-order chi connectivity index (χ1) is 12.8. The molecule has 0 fully saturated rings. The molecule has 2 aromatic rings. The third-order valence-electron chi connectivity index (χ3n) is 5.03.